The number of para-hydroxylation sites is 1. The fraction of sp³-hybridized carbons (Fsp3) is 0.160. The number of hydrogen-bond donors (Lipinski definition) is 1. The number of nitrogens with zero attached hydrogens (tertiary/aromatic N) is 1. The van der Waals surface area contributed by atoms with E-state index in [-0.39, 0.29) is 5.91 Å². The first-order valence-corrected chi connectivity index (χ1v) is 10.2. The number of aromatic nitrogens is 1. The van der Waals surface area contributed by atoms with Gasteiger partial charge in [-0.25, -0.2) is 0 Å². The summed E-state index contributed by atoms with van der Waals surface area (Å²) in [6.07, 6.45) is 0.785. The van der Waals surface area contributed by atoms with Gasteiger partial charge in [-0.3, -0.25) is 4.79 Å². The molecule has 3 aromatic carbocycles. The summed E-state index contributed by atoms with van der Waals surface area (Å²) in [5.41, 5.74) is 5.66. The van der Waals surface area contributed by atoms with Crippen LogP contribution in [0.1, 0.15) is 27.2 Å². The molecule has 0 saturated heterocycles. The summed E-state index contributed by atoms with van der Waals surface area (Å²) in [5, 5.41) is 4.91. The smallest absolute Gasteiger partial charge is 0.251 e. The van der Waals surface area contributed by atoms with Crippen LogP contribution in [0.4, 0.5) is 0 Å². The highest BCUT2D eigenvalue weighted by Crippen LogP contribution is 2.27. The first kappa shape index (κ1) is 19.3. The highest BCUT2D eigenvalue weighted by molar-refractivity contribution is 6.30. The molecule has 3 nitrogen and oxygen atoms in total. The fourth-order valence-electron chi connectivity index (χ4n) is 3.79. The molecule has 0 saturated carbocycles. The van der Waals surface area contributed by atoms with Crippen molar-refractivity contribution >= 4 is 28.4 Å². The predicted molar refractivity (Wildman–Crippen MR) is 120 cm³/mol. The minimum atomic E-state index is -0.0765. The van der Waals surface area contributed by atoms with Gasteiger partial charge >= 0.3 is 0 Å². The molecule has 0 aliphatic carbocycles. The normalized spacial score (nSPS) is 11.0. The monoisotopic (exact) mass is 402 g/mol. The van der Waals surface area contributed by atoms with E-state index < -0.39 is 0 Å². The summed E-state index contributed by atoms with van der Waals surface area (Å²) >= 11 is 5.90. The molecule has 1 N–H and O–H groups in total. The van der Waals surface area contributed by atoms with Crippen LogP contribution in [0, 0.1) is 6.92 Å². The molecule has 29 heavy (non-hydrogen) atoms. The molecule has 1 aromatic heterocycles. The first-order valence-electron chi connectivity index (χ1n) is 9.78. The lowest BCUT2D eigenvalue weighted by atomic mass is 10.1. The zero-order valence-corrected chi connectivity index (χ0v) is 17.1. The Morgan fingerprint density at radius 3 is 2.38 bits per heavy atom. The second kappa shape index (κ2) is 8.54. The van der Waals surface area contributed by atoms with Crippen molar-refractivity contribution in [1.29, 1.82) is 0 Å². The van der Waals surface area contributed by atoms with Crippen LogP contribution in [0.3, 0.4) is 0 Å². The lowest BCUT2D eigenvalue weighted by Crippen LogP contribution is -2.25. The molecule has 1 heterocycles. The molecule has 0 spiro atoms. The first-order chi connectivity index (χ1) is 14.1. The number of carbonyl (C=O) groups is 1. The van der Waals surface area contributed by atoms with Crippen molar-refractivity contribution < 1.29 is 4.79 Å². The van der Waals surface area contributed by atoms with Gasteiger partial charge in [0, 0.05) is 40.3 Å². The molecule has 0 aliphatic heterocycles. The van der Waals surface area contributed by atoms with E-state index in [4.69, 9.17) is 11.6 Å². The van der Waals surface area contributed by atoms with Gasteiger partial charge in [0.25, 0.3) is 5.91 Å². The summed E-state index contributed by atoms with van der Waals surface area (Å²) in [6.45, 7) is 3.59. The van der Waals surface area contributed by atoms with Gasteiger partial charge in [-0.05, 0) is 54.8 Å². The third kappa shape index (κ3) is 4.20. The Kier molecular flexibility index (Phi) is 5.68. The van der Waals surface area contributed by atoms with Crippen molar-refractivity contribution in [2.75, 3.05) is 6.54 Å². The van der Waals surface area contributed by atoms with Gasteiger partial charge in [0.05, 0.1) is 0 Å². The van der Waals surface area contributed by atoms with E-state index in [2.05, 4.69) is 65.3 Å². The molecule has 4 rings (SSSR count). The van der Waals surface area contributed by atoms with E-state index in [1.54, 1.807) is 24.3 Å². The Balaban J connectivity index is 1.53. The predicted octanol–water partition coefficient (Wildman–Crippen LogP) is 5.62. The zero-order valence-electron chi connectivity index (χ0n) is 16.4. The van der Waals surface area contributed by atoms with Gasteiger partial charge in [-0.2, -0.15) is 0 Å². The van der Waals surface area contributed by atoms with Crippen LogP contribution >= 0.6 is 11.6 Å². The zero-order chi connectivity index (χ0) is 20.2. The summed E-state index contributed by atoms with van der Waals surface area (Å²) in [5.74, 6) is -0.0765. The molecule has 0 aliphatic rings. The number of rotatable bonds is 6. The van der Waals surface area contributed by atoms with Crippen LogP contribution in [0.15, 0.2) is 78.9 Å². The van der Waals surface area contributed by atoms with E-state index in [0.717, 1.165) is 13.0 Å². The summed E-state index contributed by atoms with van der Waals surface area (Å²) in [4.78, 5) is 12.4. The Labute approximate surface area is 175 Å². The fourth-order valence-corrected chi connectivity index (χ4v) is 3.92. The quantitative estimate of drug-likeness (QED) is 0.446. The topological polar surface area (TPSA) is 34.0 Å². The molecule has 0 atom stereocenters. The highest BCUT2D eigenvalue weighted by Gasteiger charge is 2.14. The highest BCUT2D eigenvalue weighted by atomic mass is 35.5. The summed E-state index contributed by atoms with van der Waals surface area (Å²) in [7, 11) is 0. The Morgan fingerprint density at radius 1 is 0.931 bits per heavy atom. The maximum absolute atomic E-state index is 12.4. The number of fused-ring (bicyclic) bond motifs is 1. The second-order valence-electron chi connectivity index (χ2n) is 7.17. The van der Waals surface area contributed by atoms with Gasteiger partial charge in [0.1, 0.15) is 0 Å². The molecule has 0 bridgehead atoms. The average Bonchev–Trinajstić information content (AvgIpc) is 3.01. The van der Waals surface area contributed by atoms with Crippen molar-refractivity contribution in [3.05, 3.63) is 106 Å². The van der Waals surface area contributed by atoms with Gasteiger partial charge in [0.15, 0.2) is 0 Å². The number of halogens is 1. The molecule has 0 unspecified atom stereocenters. The average molecular weight is 403 g/mol. The Hall–Kier alpha value is -3.04. The van der Waals surface area contributed by atoms with Crippen LogP contribution in [-0.4, -0.2) is 17.0 Å². The Bertz CT molecular complexity index is 1130. The van der Waals surface area contributed by atoms with E-state index in [0.29, 0.717) is 17.1 Å². The lowest BCUT2D eigenvalue weighted by molar-refractivity contribution is 0.0954. The van der Waals surface area contributed by atoms with Crippen molar-refractivity contribution in [2.24, 2.45) is 0 Å². The molecule has 0 radical (unpaired) electrons. The van der Waals surface area contributed by atoms with Gasteiger partial charge in [-0.1, -0.05) is 60.1 Å². The van der Waals surface area contributed by atoms with Crippen LogP contribution < -0.4 is 5.32 Å². The van der Waals surface area contributed by atoms with Crippen LogP contribution in [0.25, 0.3) is 10.9 Å². The molecular weight excluding hydrogens is 380 g/mol. The number of benzene rings is 3. The standard InChI is InChI=1S/C25H23ClN2O/c1-18-22(15-16-27-25(29)20-11-13-21(26)14-12-20)23-9-5-6-10-24(23)28(18)17-19-7-3-2-4-8-19/h2-14H,15-17H2,1H3,(H,27,29). The third-order valence-corrected chi connectivity index (χ3v) is 5.56. The number of carbonyl (C=O) groups excluding carboxylic acids is 1. The van der Waals surface area contributed by atoms with Crippen LogP contribution in [0.5, 0.6) is 0 Å². The van der Waals surface area contributed by atoms with Gasteiger partial charge in [-0.15, -0.1) is 0 Å². The number of hydrogen-bond acceptors (Lipinski definition) is 1. The van der Waals surface area contributed by atoms with Crippen LogP contribution in [0.2, 0.25) is 5.02 Å². The lowest BCUT2D eigenvalue weighted by Gasteiger charge is -2.10. The second-order valence-corrected chi connectivity index (χ2v) is 7.60. The number of amides is 1. The van der Waals surface area contributed by atoms with Gasteiger partial charge in [0.2, 0.25) is 0 Å². The number of nitrogens with one attached hydrogen (secondary N) is 1. The molecule has 146 valence electrons. The van der Waals surface area contributed by atoms with Crippen molar-refractivity contribution in [1.82, 2.24) is 9.88 Å². The van der Waals surface area contributed by atoms with Crippen molar-refractivity contribution in [3.63, 3.8) is 0 Å². The largest absolute Gasteiger partial charge is 0.352 e. The van der Waals surface area contributed by atoms with E-state index in [1.165, 1.54) is 27.7 Å². The van der Waals surface area contributed by atoms with E-state index in [9.17, 15) is 4.79 Å². The molecular formula is C25H23ClN2O. The molecule has 4 aromatic rings. The van der Waals surface area contributed by atoms with Crippen molar-refractivity contribution in [3.8, 4) is 0 Å². The maximum atomic E-state index is 12.4. The summed E-state index contributed by atoms with van der Waals surface area (Å²) < 4.78 is 2.36. The molecule has 1 amide bonds. The van der Waals surface area contributed by atoms with Crippen LogP contribution in [-0.2, 0) is 13.0 Å². The molecule has 4 heteroatoms. The SMILES string of the molecule is Cc1c(CCNC(=O)c2ccc(Cl)cc2)c2ccccc2n1Cc1ccccc1. The third-order valence-electron chi connectivity index (χ3n) is 5.31. The minimum absolute atomic E-state index is 0.0765. The Morgan fingerprint density at radius 2 is 1.62 bits per heavy atom. The minimum Gasteiger partial charge on any atom is -0.352 e. The molecule has 0 fully saturated rings. The summed E-state index contributed by atoms with van der Waals surface area (Å²) in [6, 6.07) is 25.9. The van der Waals surface area contributed by atoms with E-state index in [1.807, 2.05) is 6.07 Å². The maximum Gasteiger partial charge on any atom is 0.251 e. The van der Waals surface area contributed by atoms with E-state index >= 15 is 0 Å². The van der Waals surface area contributed by atoms with Crippen molar-refractivity contribution in [2.45, 2.75) is 19.9 Å². The van der Waals surface area contributed by atoms with Gasteiger partial charge < -0.3 is 9.88 Å².